The molecule has 2 heterocycles. The van der Waals surface area contributed by atoms with E-state index in [1.807, 2.05) is 55.5 Å². The summed E-state index contributed by atoms with van der Waals surface area (Å²) in [7, 11) is 0. The maximum Gasteiger partial charge on any atom is 0.197 e. The highest BCUT2D eigenvalue weighted by Crippen LogP contribution is 2.30. The topological polar surface area (TPSA) is 62.5 Å². The van der Waals surface area contributed by atoms with Gasteiger partial charge in [-0.2, -0.15) is 0 Å². The van der Waals surface area contributed by atoms with Gasteiger partial charge < -0.3 is 15.2 Å². The van der Waals surface area contributed by atoms with Gasteiger partial charge in [0.2, 0.25) is 0 Å². The lowest BCUT2D eigenvalue weighted by atomic mass is 9.95. The normalized spacial score (nSPS) is 14.6. The minimum atomic E-state index is -0.247. The van der Waals surface area contributed by atoms with Crippen LogP contribution in [-0.4, -0.2) is 24.2 Å². The molecule has 1 aliphatic heterocycles. The van der Waals surface area contributed by atoms with E-state index in [4.69, 9.17) is 4.52 Å². The van der Waals surface area contributed by atoms with E-state index < -0.39 is 0 Å². The lowest BCUT2D eigenvalue weighted by Gasteiger charge is -2.10. The Bertz CT molecular complexity index is 936. The van der Waals surface area contributed by atoms with Crippen molar-refractivity contribution in [2.45, 2.75) is 12.8 Å². The van der Waals surface area contributed by atoms with Gasteiger partial charge >= 0.3 is 0 Å². The van der Waals surface area contributed by atoms with Crippen LogP contribution in [0.15, 0.2) is 64.1 Å². The van der Waals surface area contributed by atoms with Crippen LogP contribution < -0.4 is 10.6 Å². The van der Waals surface area contributed by atoms with E-state index in [2.05, 4.69) is 20.8 Å². The number of nitrogens with zero attached hydrogens (tertiary/aromatic N) is 2. The largest absolute Gasteiger partial charge is 0.359 e. The number of anilines is 1. The summed E-state index contributed by atoms with van der Waals surface area (Å²) >= 11 is 0. The molecule has 1 aromatic heterocycles. The molecule has 0 spiro atoms. The summed E-state index contributed by atoms with van der Waals surface area (Å²) in [5.74, 6) is 1.58. The summed E-state index contributed by atoms with van der Waals surface area (Å²) < 4.78 is 20.0. The van der Waals surface area contributed by atoms with Crippen LogP contribution in [0.2, 0.25) is 0 Å². The summed E-state index contributed by atoms with van der Waals surface area (Å²) in [5, 5.41) is 10.2. The van der Waals surface area contributed by atoms with Crippen LogP contribution in [0, 0.1) is 5.82 Å². The van der Waals surface area contributed by atoms with Gasteiger partial charge in [-0.15, -0.1) is 0 Å². The summed E-state index contributed by atoms with van der Waals surface area (Å²) in [4.78, 5) is 4.26. The second-order valence-electron chi connectivity index (χ2n) is 6.22. The summed E-state index contributed by atoms with van der Waals surface area (Å²) in [6.45, 7) is 3.53. The van der Waals surface area contributed by atoms with E-state index in [0.29, 0.717) is 23.1 Å². The maximum atomic E-state index is 14.6. The fourth-order valence-corrected chi connectivity index (χ4v) is 2.97. The highest BCUT2D eigenvalue weighted by molar-refractivity contribution is 5.93. The van der Waals surface area contributed by atoms with Crippen molar-refractivity contribution in [2.75, 3.05) is 18.4 Å². The number of rotatable bonds is 4. The lowest BCUT2D eigenvalue weighted by molar-refractivity contribution is 0.378. The summed E-state index contributed by atoms with van der Waals surface area (Å²) in [5.41, 5.74) is 2.29. The predicted molar refractivity (Wildman–Crippen MR) is 99.8 cm³/mol. The Morgan fingerprint density at radius 1 is 1.15 bits per heavy atom. The van der Waals surface area contributed by atoms with Crippen molar-refractivity contribution in [1.82, 2.24) is 10.5 Å². The van der Waals surface area contributed by atoms with Gasteiger partial charge in [0.1, 0.15) is 11.6 Å². The number of hydrogen-bond donors (Lipinski definition) is 2. The smallest absolute Gasteiger partial charge is 0.197 e. The van der Waals surface area contributed by atoms with Crippen LogP contribution in [0.3, 0.4) is 0 Å². The molecular formula is C20H19FN4O. The van der Waals surface area contributed by atoms with Crippen LogP contribution in [-0.2, 0) is 0 Å². The van der Waals surface area contributed by atoms with Gasteiger partial charge in [0.05, 0.1) is 6.54 Å². The molecule has 2 N–H and O–H groups in total. The van der Waals surface area contributed by atoms with E-state index in [1.54, 1.807) is 6.07 Å². The Morgan fingerprint density at radius 3 is 2.73 bits per heavy atom. The molecular weight excluding hydrogens is 331 g/mol. The molecule has 1 unspecified atom stereocenters. The molecule has 3 aromatic rings. The molecule has 0 saturated carbocycles. The lowest BCUT2D eigenvalue weighted by Crippen LogP contribution is -2.26. The first kappa shape index (κ1) is 16.3. The molecule has 0 radical (unpaired) electrons. The average Bonchev–Trinajstić information content (AvgIpc) is 3.34. The van der Waals surface area contributed by atoms with Gasteiger partial charge in [-0.3, -0.25) is 4.99 Å². The molecule has 6 heteroatoms. The Labute approximate surface area is 150 Å². The molecule has 5 nitrogen and oxygen atoms in total. The van der Waals surface area contributed by atoms with Gasteiger partial charge in [0.25, 0.3) is 0 Å². The minimum Gasteiger partial charge on any atom is -0.359 e. The third-order valence-corrected chi connectivity index (χ3v) is 4.45. The zero-order valence-corrected chi connectivity index (χ0v) is 14.4. The quantitative estimate of drug-likeness (QED) is 0.746. The first-order chi connectivity index (χ1) is 12.7. The highest BCUT2D eigenvalue weighted by Gasteiger charge is 2.17. The van der Waals surface area contributed by atoms with Gasteiger partial charge in [-0.05, 0) is 17.2 Å². The first-order valence-corrected chi connectivity index (χ1v) is 8.57. The number of aromatic nitrogens is 1. The van der Waals surface area contributed by atoms with Crippen molar-refractivity contribution in [2.24, 2.45) is 4.99 Å². The Morgan fingerprint density at radius 2 is 2.00 bits per heavy atom. The number of guanidine groups is 1. The maximum absolute atomic E-state index is 14.6. The summed E-state index contributed by atoms with van der Waals surface area (Å²) in [6.07, 6.45) is 0. The van der Waals surface area contributed by atoms with Crippen molar-refractivity contribution in [3.05, 3.63) is 71.7 Å². The Hall–Kier alpha value is -3.15. The van der Waals surface area contributed by atoms with Crippen molar-refractivity contribution in [3.8, 4) is 11.1 Å². The zero-order valence-electron chi connectivity index (χ0n) is 14.4. The van der Waals surface area contributed by atoms with Crippen molar-refractivity contribution in [1.29, 1.82) is 0 Å². The fraction of sp³-hybridized carbons (Fsp3) is 0.200. The van der Waals surface area contributed by atoms with E-state index in [0.717, 1.165) is 24.2 Å². The zero-order chi connectivity index (χ0) is 17.9. The Balaban J connectivity index is 1.54. The summed E-state index contributed by atoms with van der Waals surface area (Å²) in [6, 6.07) is 16.6. The van der Waals surface area contributed by atoms with Crippen LogP contribution in [0.1, 0.15) is 24.2 Å². The third-order valence-electron chi connectivity index (χ3n) is 4.45. The average molecular weight is 350 g/mol. The number of nitrogens with one attached hydrogen (secondary N) is 2. The SMILES string of the molecule is CC(c1ccc(-c2ccccc2)c(F)c1)c1cc(NC2=NCCN2)no1. The fourth-order valence-electron chi connectivity index (χ4n) is 2.97. The molecule has 4 rings (SSSR count). The Kier molecular flexibility index (Phi) is 4.39. The molecule has 1 atom stereocenters. The standard InChI is InChI=1S/C20H19FN4O/c1-13(18-12-19(25-26-18)24-20-22-9-10-23-20)15-7-8-16(17(21)11-15)14-5-3-2-4-6-14/h2-8,11-13H,9-10H2,1H3,(H2,22,23,24,25). The molecule has 0 bridgehead atoms. The molecule has 0 aliphatic carbocycles. The molecule has 26 heavy (non-hydrogen) atoms. The van der Waals surface area contributed by atoms with Crippen molar-refractivity contribution >= 4 is 11.8 Å². The van der Waals surface area contributed by atoms with Gasteiger partial charge in [-0.1, -0.05) is 54.5 Å². The molecule has 0 amide bonds. The molecule has 132 valence electrons. The molecule has 2 aromatic carbocycles. The van der Waals surface area contributed by atoms with E-state index in [-0.39, 0.29) is 11.7 Å². The van der Waals surface area contributed by atoms with Gasteiger partial charge in [0, 0.05) is 24.1 Å². The van der Waals surface area contributed by atoms with Crippen LogP contribution in [0.4, 0.5) is 10.2 Å². The first-order valence-electron chi connectivity index (χ1n) is 8.57. The monoisotopic (exact) mass is 350 g/mol. The van der Waals surface area contributed by atoms with E-state index >= 15 is 0 Å². The number of halogens is 1. The third kappa shape index (κ3) is 3.31. The molecule has 1 aliphatic rings. The van der Waals surface area contributed by atoms with Crippen molar-refractivity contribution in [3.63, 3.8) is 0 Å². The number of hydrogen-bond acceptors (Lipinski definition) is 5. The van der Waals surface area contributed by atoms with Crippen LogP contribution in [0.25, 0.3) is 11.1 Å². The highest BCUT2D eigenvalue weighted by atomic mass is 19.1. The van der Waals surface area contributed by atoms with E-state index in [9.17, 15) is 4.39 Å². The minimum absolute atomic E-state index is 0.115. The van der Waals surface area contributed by atoms with Crippen LogP contribution in [0.5, 0.6) is 0 Å². The van der Waals surface area contributed by atoms with E-state index in [1.165, 1.54) is 0 Å². The molecule has 0 saturated heterocycles. The van der Waals surface area contributed by atoms with Gasteiger partial charge in [-0.25, -0.2) is 4.39 Å². The van der Waals surface area contributed by atoms with Gasteiger partial charge in [0.15, 0.2) is 11.8 Å². The van der Waals surface area contributed by atoms with Crippen molar-refractivity contribution < 1.29 is 8.91 Å². The second-order valence-corrected chi connectivity index (χ2v) is 6.22. The predicted octanol–water partition coefficient (Wildman–Crippen LogP) is 4.00. The second kappa shape index (κ2) is 7.00. The number of benzene rings is 2. The number of aliphatic imine (C=N–C) groups is 1. The molecule has 0 fully saturated rings. The van der Waals surface area contributed by atoms with Crippen LogP contribution >= 0.6 is 0 Å².